The molecule has 0 atom stereocenters. The van der Waals surface area contributed by atoms with Gasteiger partial charge in [-0.05, 0) is 67.3 Å². The van der Waals surface area contributed by atoms with E-state index in [9.17, 15) is 0 Å². The standard InChI is InChI=1S/C18H17N3S/c1-13-11-17-5-3-4-10-20(17)18(13)15-6-8-16(9-7-15)21-19-14(2)12-22-21/h3-11H,12H2,1-2H3. The summed E-state index contributed by atoms with van der Waals surface area (Å²) in [6.07, 6.45) is 2.12. The summed E-state index contributed by atoms with van der Waals surface area (Å²) in [6.45, 7) is 4.23. The number of nitrogens with zero attached hydrogens (tertiary/aromatic N) is 3. The van der Waals surface area contributed by atoms with Crippen LogP contribution in [0.1, 0.15) is 12.5 Å². The maximum Gasteiger partial charge on any atom is 0.0723 e. The van der Waals surface area contributed by atoms with Gasteiger partial charge in [0.15, 0.2) is 0 Å². The van der Waals surface area contributed by atoms with Crippen molar-refractivity contribution in [3.63, 3.8) is 0 Å². The smallest absolute Gasteiger partial charge is 0.0723 e. The van der Waals surface area contributed by atoms with E-state index in [1.54, 1.807) is 11.9 Å². The van der Waals surface area contributed by atoms with E-state index < -0.39 is 0 Å². The van der Waals surface area contributed by atoms with Gasteiger partial charge in [-0.2, -0.15) is 5.10 Å². The zero-order valence-corrected chi connectivity index (χ0v) is 13.5. The number of benzene rings is 1. The van der Waals surface area contributed by atoms with Crippen molar-refractivity contribution in [2.24, 2.45) is 5.10 Å². The van der Waals surface area contributed by atoms with Crippen LogP contribution in [-0.4, -0.2) is 15.9 Å². The Morgan fingerprint density at radius 1 is 1.05 bits per heavy atom. The predicted octanol–water partition coefficient (Wildman–Crippen LogP) is 4.76. The number of hydrazone groups is 1. The fraction of sp³-hybridized carbons (Fsp3) is 0.167. The van der Waals surface area contributed by atoms with Crippen molar-refractivity contribution in [1.82, 2.24) is 4.40 Å². The van der Waals surface area contributed by atoms with E-state index in [1.807, 2.05) is 4.41 Å². The Bertz CT molecular complexity index is 862. The van der Waals surface area contributed by atoms with E-state index in [-0.39, 0.29) is 0 Å². The topological polar surface area (TPSA) is 20.0 Å². The van der Waals surface area contributed by atoms with Gasteiger partial charge >= 0.3 is 0 Å². The van der Waals surface area contributed by atoms with E-state index >= 15 is 0 Å². The molecule has 3 heterocycles. The molecular formula is C18H17N3S. The lowest BCUT2D eigenvalue weighted by Crippen LogP contribution is -2.00. The van der Waals surface area contributed by atoms with Crippen molar-refractivity contribution in [3.05, 3.63) is 60.3 Å². The van der Waals surface area contributed by atoms with Crippen LogP contribution in [0.3, 0.4) is 0 Å². The summed E-state index contributed by atoms with van der Waals surface area (Å²) in [5.41, 5.74) is 7.32. The highest BCUT2D eigenvalue weighted by atomic mass is 32.2. The quantitative estimate of drug-likeness (QED) is 0.636. The Hall–Kier alpha value is -2.20. The summed E-state index contributed by atoms with van der Waals surface area (Å²) in [7, 11) is 0. The molecule has 0 spiro atoms. The first kappa shape index (κ1) is 13.5. The molecule has 2 aromatic heterocycles. The van der Waals surface area contributed by atoms with Crippen LogP contribution in [0.25, 0.3) is 16.8 Å². The van der Waals surface area contributed by atoms with Crippen LogP contribution in [-0.2, 0) is 0 Å². The van der Waals surface area contributed by atoms with Crippen molar-refractivity contribution >= 4 is 28.9 Å². The number of anilines is 1. The van der Waals surface area contributed by atoms with Crippen LogP contribution in [0, 0.1) is 6.92 Å². The van der Waals surface area contributed by atoms with Crippen molar-refractivity contribution in [2.75, 3.05) is 10.2 Å². The van der Waals surface area contributed by atoms with E-state index in [2.05, 4.69) is 78.1 Å². The van der Waals surface area contributed by atoms with Crippen LogP contribution in [0.4, 0.5) is 5.69 Å². The summed E-state index contributed by atoms with van der Waals surface area (Å²) in [4.78, 5) is 0. The van der Waals surface area contributed by atoms with Gasteiger partial charge in [-0.25, -0.2) is 4.41 Å². The second kappa shape index (κ2) is 5.21. The van der Waals surface area contributed by atoms with Crippen molar-refractivity contribution in [3.8, 4) is 11.3 Å². The van der Waals surface area contributed by atoms with Gasteiger partial charge in [0.1, 0.15) is 0 Å². The number of rotatable bonds is 2. The zero-order chi connectivity index (χ0) is 15.1. The van der Waals surface area contributed by atoms with Crippen molar-refractivity contribution < 1.29 is 0 Å². The molecule has 1 aromatic carbocycles. The summed E-state index contributed by atoms with van der Waals surface area (Å²) in [5, 5.41) is 4.53. The van der Waals surface area contributed by atoms with E-state index in [0.717, 1.165) is 11.4 Å². The molecule has 0 N–H and O–H groups in total. The van der Waals surface area contributed by atoms with Gasteiger partial charge in [0, 0.05) is 17.4 Å². The average molecular weight is 307 g/mol. The molecule has 0 saturated heterocycles. The Labute approximate surface area is 134 Å². The number of pyridine rings is 1. The summed E-state index contributed by atoms with van der Waals surface area (Å²) in [5.74, 6) is 0.976. The highest BCUT2D eigenvalue weighted by Gasteiger charge is 2.15. The maximum absolute atomic E-state index is 4.53. The lowest BCUT2D eigenvalue weighted by molar-refractivity contribution is 1.19. The minimum Gasteiger partial charge on any atom is -0.316 e. The summed E-state index contributed by atoms with van der Waals surface area (Å²) in [6, 6.07) is 17.2. The van der Waals surface area contributed by atoms with Crippen molar-refractivity contribution in [2.45, 2.75) is 13.8 Å². The average Bonchev–Trinajstić information content (AvgIpc) is 3.10. The Kier molecular flexibility index (Phi) is 3.19. The lowest BCUT2D eigenvalue weighted by Gasteiger charge is -2.13. The first-order valence-electron chi connectivity index (χ1n) is 7.36. The number of hydrogen-bond acceptors (Lipinski definition) is 3. The molecule has 110 valence electrons. The molecular weight excluding hydrogens is 290 g/mol. The molecule has 1 aliphatic heterocycles. The number of aromatic nitrogens is 1. The highest BCUT2D eigenvalue weighted by Crippen LogP contribution is 2.32. The fourth-order valence-electron chi connectivity index (χ4n) is 2.87. The highest BCUT2D eigenvalue weighted by molar-refractivity contribution is 8.01. The van der Waals surface area contributed by atoms with E-state index in [1.165, 1.54) is 28.0 Å². The van der Waals surface area contributed by atoms with Gasteiger partial charge in [-0.15, -0.1) is 0 Å². The van der Waals surface area contributed by atoms with E-state index in [0.29, 0.717) is 0 Å². The normalized spacial score (nSPS) is 14.6. The van der Waals surface area contributed by atoms with Gasteiger partial charge in [-0.3, -0.25) is 0 Å². The molecule has 4 rings (SSSR count). The Morgan fingerprint density at radius 3 is 2.59 bits per heavy atom. The molecule has 0 amide bonds. The van der Waals surface area contributed by atoms with Gasteiger partial charge in [0.2, 0.25) is 0 Å². The first-order valence-corrected chi connectivity index (χ1v) is 8.31. The molecule has 1 aliphatic rings. The third-order valence-corrected chi connectivity index (χ3v) is 4.97. The second-order valence-corrected chi connectivity index (χ2v) is 6.49. The molecule has 22 heavy (non-hydrogen) atoms. The Balaban J connectivity index is 1.75. The summed E-state index contributed by atoms with van der Waals surface area (Å²) >= 11 is 1.74. The van der Waals surface area contributed by atoms with Gasteiger partial charge in [-0.1, -0.05) is 18.2 Å². The zero-order valence-electron chi connectivity index (χ0n) is 12.7. The van der Waals surface area contributed by atoms with Crippen LogP contribution >= 0.6 is 11.9 Å². The SMILES string of the molecule is CC1=NN(c2ccc(-c3c(C)cc4ccccn34)cc2)SC1. The van der Waals surface area contributed by atoms with Crippen LogP contribution < -0.4 is 4.41 Å². The van der Waals surface area contributed by atoms with Gasteiger partial charge < -0.3 is 4.40 Å². The van der Waals surface area contributed by atoms with E-state index in [4.69, 9.17) is 0 Å². The molecule has 0 bridgehead atoms. The van der Waals surface area contributed by atoms with Crippen LogP contribution in [0.2, 0.25) is 0 Å². The van der Waals surface area contributed by atoms with Gasteiger partial charge in [0.05, 0.1) is 17.1 Å². The number of hydrogen-bond donors (Lipinski definition) is 0. The maximum atomic E-state index is 4.53. The third-order valence-electron chi connectivity index (χ3n) is 3.89. The Morgan fingerprint density at radius 2 is 1.86 bits per heavy atom. The molecule has 0 unspecified atom stereocenters. The molecule has 0 radical (unpaired) electrons. The first-order chi connectivity index (χ1) is 10.7. The number of aryl methyl sites for hydroxylation is 1. The predicted molar refractivity (Wildman–Crippen MR) is 95.6 cm³/mol. The monoisotopic (exact) mass is 307 g/mol. The van der Waals surface area contributed by atoms with Crippen LogP contribution in [0.5, 0.6) is 0 Å². The third kappa shape index (κ3) is 2.20. The molecule has 3 aromatic rings. The molecule has 4 heteroatoms. The minimum atomic E-state index is 0.976. The largest absolute Gasteiger partial charge is 0.316 e. The van der Waals surface area contributed by atoms with Gasteiger partial charge in [0.25, 0.3) is 0 Å². The summed E-state index contributed by atoms with van der Waals surface area (Å²) < 4.78 is 4.25. The molecule has 0 aliphatic carbocycles. The minimum absolute atomic E-state index is 0.976. The lowest BCUT2D eigenvalue weighted by atomic mass is 10.1. The molecule has 3 nitrogen and oxygen atoms in total. The second-order valence-electron chi connectivity index (χ2n) is 5.60. The molecule has 0 fully saturated rings. The fourth-order valence-corrected chi connectivity index (χ4v) is 3.71. The van der Waals surface area contributed by atoms with Crippen LogP contribution in [0.15, 0.2) is 59.8 Å². The molecule has 0 saturated carbocycles. The number of fused-ring (bicyclic) bond motifs is 1. The van der Waals surface area contributed by atoms with Crippen molar-refractivity contribution in [1.29, 1.82) is 0 Å².